The van der Waals surface area contributed by atoms with Crippen molar-refractivity contribution in [3.05, 3.63) is 28.2 Å². The molecule has 1 heterocycles. The van der Waals surface area contributed by atoms with Crippen LogP contribution >= 0.6 is 15.9 Å². The van der Waals surface area contributed by atoms with E-state index in [4.69, 9.17) is 5.11 Å². The summed E-state index contributed by atoms with van der Waals surface area (Å²) in [7, 11) is -3.51. The summed E-state index contributed by atoms with van der Waals surface area (Å²) < 4.78 is 27.4. The van der Waals surface area contributed by atoms with Gasteiger partial charge < -0.3 is 10.0 Å². The van der Waals surface area contributed by atoms with Gasteiger partial charge in [0.2, 0.25) is 10.0 Å². The molecule has 1 aromatic carbocycles. The third-order valence-corrected chi connectivity index (χ3v) is 6.47. The molecular formula is C13H19BrN2O3S. The Bertz CT molecular complexity index is 569. The summed E-state index contributed by atoms with van der Waals surface area (Å²) in [4.78, 5) is 2.46. The second-order valence-electron chi connectivity index (χ2n) is 4.76. The molecule has 2 rings (SSSR count). The molecule has 20 heavy (non-hydrogen) atoms. The second kappa shape index (κ2) is 6.53. The average molecular weight is 363 g/mol. The van der Waals surface area contributed by atoms with Gasteiger partial charge in [-0.3, -0.25) is 0 Å². The van der Waals surface area contributed by atoms with Gasteiger partial charge in [0.25, 0.3) is 0 Å². The van der Waals surface area contributed by atoms with E-state index >= 15 is 0 Å². The molecule has 0 unspecified atom stereocenters. The van der Waals surface area contributed by atoms with Crippen molar-refractivity contribution in [3.8, 4) is 0 Å². The standard InChI is InChI=1S/C13H19BrN2O3S/c1-2-15-5-7-16(8-6-15)20(18,19)13-9-11(10-17)3-4-12(13)14/h3-4,9,17H,2,5-8,10H2,1H3. The monoisotopic (exact) mass is 362 g/mol. The van der Waals surface area contributed by atoms with Crippen LogP contribution in [-0.4, -0.2) is 55.5 Å². The molecule has 0 radical (unpaired) electrons. The summed E-state index contributed by atoms with van der Waals surface area (Å²) in [5.74, 6) is 0. The van der Waals surface area contributed by atoms with Gasteiger partial charge in [-0.15, -0.1) is 0 Å². The predicted octanol–water partition coefficient (Wildman–Crippen LogP) is 1.27. The van der Waals surface area contributed by atoms with E-state index in [1.165, 1.54) is 10.4 Å². The number of benzene rings is 1. The number of piperazine rings is 1. The first-order valence-electron chi connectivity index (χ1n) is 6.61. The van der Waals surface area contributed by atoms with Gasteiger partial charge in [-0.1, -0.05) is 13.0 Å². The number of aliphatic hydroxyl groups excluding tert-OH is 1. The maximum atomic E-state index is 12.7. The van der Waals surface area contributed by atoms with Gasteiger partial charge in [0.05, 0.1) is 11.5 Å². The first kappa shape index (κ1) is 15.9. The lowest BCUT2D eigenvalue weighted by Crippen LogP contribution is -2.48. The molecule has 1 saturated heterocycles. The SMILES string of the molecule is CCN1CCN(S(=O)(=O)c2cc(CO)ccc2Br)CC1. The number of nitrogens with zero attached hydrogens (tertiary/aromatic N) is 2. The topological polar surface area (TPSA) is 60.9 Å². The van der Waals surface area contributed by atoms with Crippen LogP contribution in [0.25, 0.3) is 0 Å². The molecule has 0 aromatic heterocycles. The lowest BCUT2D eigenvalue weighted by molar-refractivity contribution is 0.196. The molecule has 7 heteroatoms. The highest BCUT2D eigenvalue weighted by Crippen LogP contribution is 2.27. The largest absolute Gasteiger partial charge is 0.392 e. The maximum absolute atomic E-state index is 12.7. The van der Waals surface area contributed by atoms with Crippen LogP contribution in [0.4, 0.5) is 0 Å². The zero-order valence-electron chi connectivity index (χ0n) is 11.4. The smallest absolute Gasteiger partial charge is 0.244 e. The Balaban J connectivity index is 2.27. The molecule has 1 aliphatic rings. The predicted molar refractivity (Wildman–Crippen MR) is 80.9 cm³/mol. The van der Waals surface area contributed by atoms with Crippen LogP contribution < -0.4 is 0 Å². The van der Waals surface area contributed by atoms with E-state index in [1.807, 2.05) is 0 Å². The summed E-state index contributed by atoms with van der Waals surface area (Å²) in [5, 5.41) is 9.17. The van der Waals surface area contributed by atoms with E-state index in [1.54, 1.807) is 12.1 Å². The molecule has 0 aliphatic carbocycles. The number of sulfonamides is 1. The average Bonchev–Trinajstić information content (AvgIpc) is 2.47. The lowest BCUT2D eigenvalue weighted by Gasteiger charge is -2.33. The number of hydrogen-bond donors (Lipinski definition) is 1. The highest BCUT2D eigenvalue weighted by Gasteiger charge is 2.29. The van der Waals surface area contributed by atoms with Crippen LogP contribution in [0.1, 0.15) is 12.5 Å². The third kappa shape index (κ3) is 3.23. The van der Waals surface area contributed by atoms with Gasteiger partial charge in [-0.05, 0) is 40.2 Å². The van der Waals surface area contributed by atoms with Gasteiger partial charge in [0.15, 0.2) is 0 Å². The van der Waals surface area contributed by atoms with E-state index in [-0.39, 0.29) is 11.5 Å². The van der Waals surface area contributed by atoms with Crippen LogP contribution in [-0.2, 0) is 16.6 Å². The van der Waals surface area contributed by atoms with Crippen molar-refractivity contribution in [2.24, 2.45) is 0 Å². The van der Waals surface area contributed by atoms with Gasteiger partial charge in [0.1, 0.15) is 0 Å². The molecule has 0 spiro atoms. The van der Waals surface area contributed by atoms with Crippen molar-refractivity contribution in [3.63, 3.8) is 0 Å². The molecule has 1 aliphatic heterocycles. The minimum Gasteiger partial charge on any atom is -0.392 e. The van der Waals surface area contributed by atoms with Crippen LogP contribution in [0.2, 0.25) is 0 Å². The maximum Gasteiger partial charge on any atom is 0.244 e. The Hall–Kier alpha value is -0.470. The normalized spacial score (nSPS) is 18.4. The molecule has 1 fully saturated rings. The van der Waals surface area contributed by atoms with Crippen molar-refractivity contribution in [2.45, 2.75) is 18.4 Å². The van der Waals surface area contributed by atoms with E-state index in [9.17, 15) is 8.42 Å². The zero-order chi connectivity index (χ0) is 14.8. The van der Waals surface area contributed by atoms with E-state index in [0.717, 1.165) is 19.6 Å². The van der Waals surface area contributed by atoms with E-state index < -0.39 is 10.0 Å². The molecule has 1 aromatic rings. The van der Waals surface area contributed by atoms with Gasteiger partial charge >= 0.3 is 0 Å². The Morgan fingerprint density at radius 1 is 1.25 bits per heavy atom. The quantitative estimate of drug-likeness (QED) is 0.875. The molecule has 1 N–H and O–H groups in total. The summed E-state index contributed by atoms with van der Waals surface area (Å²) in [6.45, 7) is 5.38. The summed E-state index contributed by atoms with van der Waals surface area (Å²) in [6, 6.07) is 4.91. The highest BCUT2D eigenvalue weighted by molar-refractivity contribution is 9.10. The Kier molecular flexibility index (Phi) is 5.19. The van der Waals surface area contributed by atoms with Crippen molar-refractivity contribution in [2.75, 3.05) is 32.7 Å². The number of halogens is 1. The van der Waals surface area contributed by atoms with Crippen LogP contribution in [0, 0.1) is 0 Å². The summed E-state index contributed by atoms with van der Waals surface area (Å²) in [6.07, 6.45) is 0. The first-order chi connectivity index (χ1) is 9.48. The number of likely N-dealkylation sites (N-methyl/N-ethyl adjacent to an activating group) is 1. The minimum atomic E-state index is -3.51. The molecular weight excluding hydrogens is 344 g/mol. The van der Waals surface area contributed by atoms with Crippen molar-refractivity contribution >= 4 is 26.0 Å². The number of aliphatic hydroxyl groups is 1. The highest BCUT2D eigenvalue weighted by atomic mass is 79.9. The van der Waals surface area contributed by atoms with Crippen molar-refractivity contribution < 1.29 is 13.5 Å². The van der Waals surface area contributed by atoms with Gasteiger partial charge in [-0.25, -0.2) is 8.42 Å². The zero-order valence-corrected chi connectivity index (χ0v) is 13.8. The molecule has 0 bridgehead atoms. The number of rotatable bonds is 4. The minimum absolute atomic E-state index is 0.167. The van der Waals surface area contributed by atoms with Crippen LogP contribution in [0.3, 0.4) is 0 Å². The second-order valence-corrected chi connectivity index (χ2v) is 7.52. The molecule has 0 amide bonds. The van der Waals surface area contributed by atoms with Crippen LogP contribution in [0.15, 0.2) is 27.6 Å². The van der Waals surface area contributed by atoms with Crippen molar-refractivity contribution in [1.29, 1.82) is 0 Å². The Morgan fingerprint density at radius 3 is 2.45 bits per heavy atom. The number of hydrogen-bond acceptors (Lipinski definition) is 4. The fraction of sp³-hybridized carbons (Fsp3) is 0.538. The molecule has 5 nitrogen and oxygen atoms in total. The van der Waals surface area contributed by atoms with Crippen LogP contribution in [0.5, 0.6) is 0 Å². The summed E-state index contributed by atoms with van der Waals surface area (Å²) >= 11 is 3.29. The molecule has 112 valence electrons. The fourth-order valence-electron chi connectivity index (χ4n) is 2.27. The van der Waals surface area contributed by atoms with E-state index in [2.05, 4.69) is 27.8 Å². The first-order valence-corrected chi connectivity index (χ1v) is 8.84. The van der Waals surface area contributed by atoms with Crippen molar-refractivity contribution in [1.82, 2.24) is 9.21 Å². The lowest BCUT2D eigenvalue weighted by atomic mass is 10.2. The molecule has 0 saturated carbocycles. The fourth-order valence-corrected chi connectivity index (χ4v) is 4.67. The van der Waals surface area contributed by atoms with Gasteiger partial charge in [-0.2, -0.15) is 4.31 Å². The summed E-state index contributed by atoms with van der Waals surface area (Å²) in [5.41, 5.74) is 0.596. The molecule has 0 atom stereocenters. The Labute approximate surface area is 128 Å². The Morgan fingerprint density at radius 2 is 1.90 bits per heavy atom. The van der Waals surface area contributed by atoms with E-state index in [0.29, 0.717) is 23.1 Å². The third-order valence-electron chi connectivity index (χ3n) is 3.57. The van der Waals surface area contributed by atoms with Gasteiger partial charge in [0, 0.05) is 30.7 Å².